The molecule has 1 aromatic heterocycles. The van der Waals surface area contributed by atoms with Gasteiger partial charge in [-0.25, -0.2) is 4.39 Å². The Balaban J connectivity index is 1.96. The minimum atomic E-state index is -0.243. The van der Waals surface area contributed by atoms with E-state index in [0.717, 1.165) is 19.4 Å². The monoisotopic (exact) mass is 249 g/mol. The van der Waals surface area contributed by atoms with Gasteiger partial charge in [-0.3, -0.25) is 0 Å². The van der Waals surface area contributed by atoms with Crippen LogP contribution in [-0.4, -0.2) is 23.7 Å². The van der Waals surface area contributed by atoms with Gasteiger partial charge >= 0.3 is 0 Å². The molecule has 0 amide bonds. The Morgan fingerprint density at radius 3 is 2.94 bits per heavy atom. The SMILES string of the molecule is CNCCCc1noc(Cc2ccccc2F)n1. The zero-order valence-electron chi connectivity index (χ0n) is 10.3. The Morgan fingerprint density at radius 2 is 2.17 bits per heavy atom. The van der Waals surface area contributed by atoms with Crippen molar-refractivity contribution in [1.29, 1.82) is 0 Å². The van der Waals surface area contributed by atoms with Crippen molar-refractivity contribution >= 4 is 0 Å². The molecule has 0 saturated heterocycles. The van der Waals surface area contributed by atoms with Gasteiger partial charge in [-0.1, -0.05) is 23.4 Å². The van der Waals surface area contributed by atoms with Gasteiger partial charge in [-0.2, -0.15) is 4.98 Å². The van der Waals surface area contributed by atoms with Gasteiger partial charge in [-0.05, 0) is 31.6 Å². The molecule has 0 aliphatic heterocycles. The highest BCUT2D eigenvalue weighted by molar-refractivity contribution is 5.20. The maximum atomic E-state index is 13.4. The van der Waals surface area contributed by atoms with Crippen molar-refractivity contribution in [3.05, 3.63) is 47.4 Å². The van der Waals surface area contributed by atoms with Crippen molar-refractivity contribution in [2.24, 2.45) is 0 Å². The van der Waals surface area contributed by atoms with Crippen LogP contribution in [0, 0.1) is 5.82 Å². The van der Waals surface area contributed by atoms with Crippen LogP contribution < -0.4 is 5.32 Å². The summed E-state index contributed by atoms with van der Waals surface area (Å²) in [6.45, 7) is 0.914. The quantitative estimate of drug-likeness (QED) is 0.795. The van der Waals surface area contributed by atoms with Gasteiger partial charge in [0.05, 0.1) is 6.42 Å². The largest absolute Gasteiger partial charge is 0.339 e. The molecule has 5 heteroatoms. The molecule has 0 aliphatic carbocycles. The van der Waals surface area contributed by atoms with E-state index < -0.39 is 0 Å². The summed E-state index contributed by atoms with van der Waals surface area (Å²) in [5.74, 6) is 0.892. The highest BCUT2D eigenvalue weighted by atomic mass is 19.1. The number of nitrogens with zero attached hydrogens (tertiary/aromatic N) is 2. The van der Waals surface area contributed by atoms with E-state index in [1.165, 1.54) is 6.07 Å². The second-order valence-electron chi connectivity index (χ2n) is 4.08. The molecule has 0 saturated carbocycles. The maximum Gasteiger partial charge on any atom is 0.231 e. The normalized spacial score (nSPS) is 10.8. The van der Waals surface area contributed by atoms with Gasteiger partial charge in [0.25, 0.3) is 0 Å². The number of halogens is 1. The van der Waals surface area contributed by atoms with Gasteiger partial charge in [0.2, 0.25) is 5.89 Å². The number of hydrogen-bond donors (Lipinski definition) is 1. The first-order chi connectivity index (χ1) is 8.79. The summed E-state index contributed by atoms with van der Waals surface area (Å²) < 4.78 is 18.5. The summed E-state index contributed by atoms with van der Waals surface area (Å²) in [6.07, 6.45) is 2.06. The summed E-state index contributed by atoms with van der Waals surface area (Å²) in [7, 11) is 1.90. The molecular weight excluding hydrogens is 233 g/mol. The third-order valence-corrected chi connectivity index (χ3v) is 2.64. The summed E-state index contributed by atoms with van der Waals surface area (Å²) in [6, 6.07) is 6.61. The van der Waals surface area contributed by atoms with Crippen molar-refractivity contribution in [2.45, 2.75) is 19.3 Å². The average Bonchev–Trinajstić information content (AvgIpc) is 2.80. The molecule has 4 nitrogen and oxygen atoms in total. The second-order valence-corrected chi connectivity index (χ2v) is 4.08. The first kappa shape index (κ1) is 12.7. The Kier molecular flexibility index (Phi) is 4.41. The van der Waals surface area contributed by atoms with Gasteiger partial charge in [-0.15, -0.1) is 0 Å². The van der Waals surface area contributed by atoms with Crippen LogP contribution in [0.4, 0.5) is 4.39 Å². The fourth-order valence-corrected chi connectivity index (χ4v) is 1.69. The second kappa shape index (κ2) is 6.26. The molecule has 0 spiro atoms. The summed E-state index contributed by atoms with van der Waals surface area (Å²) >= 11 is 0. The minimum Gasteiger partial charge on any atom is -0.339 e. The lowest BCUT2D eigenvalue weighted by Gasteiger charge is -1.97. The van der Waals surface area contributed by atoms with E-state index >= 15 is 0 Å². The van der Waals surface area contributed by atoms with Crippen molar-refractivity contribution in [3.8, 4) is 0 Å². The first-order valence-corrected chi connectivity index (χ1v) is 5.99. The van der Waals surface area contributed by atoms with E-state index in [0.29, 0.717) is 23.7 Å². The lowest BCUT2D eigenvalue weighted by atomic mass is 10.1. The molecule has 0 unspecified atom stereocenters. The molecule has 1 aromatic carbocycles. The topological polar surface area (TPSA) is 51.0 Å². The molecule has 0 bridgehead atoms. The predicted octanol–water partition coefficient (Wildman–Crippen LogP) is 1.95. The number of nitrogens with one attached hydrogen (secondary N) is 1. The van der Waals surface area contributed by atoms with E-state index in [1.807, 2.05) is 7.05 Å². The Labute approximate surface area is 105 Å². The van der Waals surface area contributed by atoms with Gasteiger partial charge in [0, 0.05) is 6.42 Å². The number of rotatable bonds is 6. The van der Waals surface area contributed by atoms with Crippen molar-refractivity contribution in [1.82, 2.24) is 15.5 Å². The molecular formula is C13H16FN3O. The van der Waals surface area contributed by atoms with E-state index in [4.69, 9.17) is 4.52 Å². The van der Waals surface area contributed by atoms with Crippen LogP contribution in [0.5, 0.6) is 0 Å². The molecule has 1 N–H and O–H groups in total. The maximum absolute atomic E-state index is 13.4. The molecule has 2 rings (SSSR count). The zero-order chi connectivity index (χ0) is 12.8. The number of benzene rings is 1. The van der Waals surface area contributed by atoms with Gasteiger partial charge in [0.1, 0.15) is 5.82 Å². The van der Waals surface area contributed by atoms with E-state index in [2.05, 4.69) is 15.5 Å². The van der Waals surface area contributed by atoms with Crippen LogP contribution >= 0.6 is 0 Å². The highest BCUT2D eigenvalue weighted by Crippen LogP contribution is 2.12. The summed E-state index contributed by atoms with van der Waals surface area (Å²) in [5.41, 5.74) is 0.572. The number of hydrogen-bond acceptors (Lipinski definition) is 4. The molecule has 1 heterocycles. The van der Waals surface area contributed by atoms with Crippen molar-refractivity contribution < 1.29 is 8.91 Å². The first-order valence-electron chi connectivity index (χ1n) is 5.99. The lowest BCUT2D eigenvalue weighted by Crippen LogP contribution is -2.08. The minimum absolute atomic E-state index is 0.243. The van der Waals surface area contributed by atoms with E-state index in [1.54, 1.807) is 18.2 Å². The van der Waals surface area contributed by atoms with E-state index in [-0.39, 0.29) is 5.82 Å². The third-order valence-electron chi connectivity index (χ3n) is 2.64. The number of aryl methyl sites for hydroxylation is 1. The van der Waals surface area contributed by atoms with Crippen LogP contribution in [-0.2, 0) is 12.8 Å². The molecule has 0 aliphatic rings. The third kappa shape index (κ3) is 3.37. The van der Waals surface area contributed by atoms with Gasteiger partial charge in [0.15, 0.2) is 5.82 Å². The van der Waals surface area contributed by atoms with Crippen LogP contribution in [0.3, 0.4) is 0 Å². The zero-order valence-corrected chi connectivity index (χ0v) is 10.3. The molecule has 0 radical (unpaired) electrons. The fourth-order valence-electron chi connectivity index (χ4n) is 1.69. The fraction of sp³-hybridized carbons (Fsp3) is 0.385. The summed E-state index contributed by atoms with van der Waals surface area (Å²) in [4.78, 5) is 4.25. The Hall–Kier alpha value is -1.75. The van der Waals surface area contributed by atoms with Crippen molar-refractivity contribution in [3.63, 3.8) is 0 Å². The van der Waals surface area contributed by atoms with E-state index in [9.17, 15) is 4.39 Å². The van der Waals surface area contributed by atoms with Crippen LogP contribution in [0.1, 0.15) is 23.7 Å². The summed E-state index contributed by atoms with van der Waals surface area (Å²) in [5, 5.41) is 6.93. The van der Waals surface area contributed by atoms with Crippen LogP contribution in [0.15, 0.2) is 28.8 Å². The Morgan fingerprint density at radius 1 is 1.33 bits per heavy atom. The highest BCUT2D eigenvalue weighted by Gasteiger charge is 2.09. The standard InChI is InChI=1S/C13H16FN3O/c1-15-8-4-7-12-16-13(18-17-12)9-10-5-2-3-6-11(10)14/h2-3,5-6,15H,4,7-9H2,1H3. The molecule has 18 heavy (non-hydrogen) atoms. The van der Waals surface area contributed by atoms with Crippen LogP contribution in [0.2, 0.25) is 0 Å². The Bertz CT molecular complexity index is 498. The van der Waals surface area contributed by atoms with Gasteiger partial charge < -0.3 is 9.84 Å². The molecule has 96 valence electrons. The smallest absolute Gasteiger partial charge is 0.231 e. The molecule has 2 aromatic rings. The molecule has 0 atom stereocenters. The predicted molar refractivity (Wildman–Crippen MR) is 65.8 cm³/mol. The number of aromatic nitrogens is 2. The van der Waals surface area contributed by atoms with Crippen LogP contribution in [0.25, 0.3) is 0 Å². The average molecular weight is 249 g/mol. The van der Waals surface area contributed by atoms with Crippen molar-refractivity contribution in [2.75, 3.05) is 13.6 Å². The lowest BCUT2D eigenvalue weighted by molar-refractivity contribution is 0.377. The molecule has 0 fully saturated rings.